The lowest BCUT2D eigenvalue weighted by Gasteiger charge is -2.48. The van der Waals surface area contributed by atoms with Gasteiger partial charge in [0.15, 0.2) is 5.78 Å². The van der Waals surface area contributed by atoms with E-state index in [1.807, 2.05) is 18.2 Å². The third-order valence-electron chi connectivity index (χ3n) is 9.03. The zero-order valence-electron chi connectivity index (χ0n) is 22.1. The molecule has 0 radical (unpaired) electrons. The van der Waals surface area contributed by atoms with Crippen molar-refractivity contribution in [2.75, 3.05) is 13.7 Å². The highest BCUT2D eigenvalue weighted by molar-refractivity contribution is 6.02. The Morgan fingerprint density at radius 2 is 2.05 bits per heavy atom. The number of amides is 2. The number of nitrogens with one attached hydrogen (secondary N) is 2. The molecule has 198 valence electrons. The summed E-state index contributed by atoms with van der Waals surface area (Å²) in [4.78, 5) is 57.5. The molecular weight excluding hydrogens is 470 g/mol. The van der Waals surface area contributed by atoms with Gasteiger partial charge in [-0.25, -0.2) is 0 Å². The van der Waals surface area contributed by atoms with E-state index < -0.39 is 12.1 Å². The van der Waals surface area contributed by atoms with E-state index in [2.05, 4.69) is 24.1 Å². The van der Waals surface area contributed by atoms with Crippen LogP contribution in [0.2, 0.25) is 0 Å². The Bertz CT molecular complexity index is 1250. The van der Waals surface area contributed by atoms with E-state index in [1.54, 1.807) is 25.0 Å². The zero-order valence-corrected chi connectivity index (χ0v) is 22.1. The number of ether oxygens (including phenoxy) is 1. The number of aromatic amines is 1. The molecular formula is C29H37N3O5. The van der Waals surface area contributed by atoms with Crippen LogP contribution in [0.25, 0.3) is 10.9 Å². The lowest BCUT2D eigenvalue weighted by Crippen LogP contribution is -2.55. The molecule has 1 aliphatic heterocycles. The molecule has 5 rings (SSSR count). The van der Waals surface area contributed by atoms with Crippen LogP contribution in [0.5, 0.6) is 5.75 Å². The van der Waals surface area contributed by atoms with Gasteiger partial charge in [0.2, 0.25) is 5.91 Å². The minimum Gasteiger partial charge on any atom is -0.496 e. The smallest absolute Gasteiger partial charge is 0.271 e. The highest BCUT2D eigenvalue weighted by Crippen LogP contribution is 2.57. The maximum Gasteiger partial charge on any atom is 0.271 e. The van der Waals surface area contributed by atoms with E-state index in [-0.39, 0.29) is 53.0 Å². The van der Waals surface area contributed by atoms with Gasteiger partial charge >= 0.3 is 0 Å². The topological polar surface area (TPSA) is 109 Å². The van der Waals surface area contributed by atoms with Crippen LogP contribution in [0.15, 0.2) is 24.3 Å². The number of hydrogen-bond acceptors (Lipinski definition) is 5. The first-order chi connectivity index (χ1) is 17.6. The first-order valence-corrected chi connectivity index (χ1v) is 13.5. The number of benzene rings is 1. The molecule has 5 unspecified atom stereocenters. The molecule has 1 saturated heterocycles. The average molecular weight is 508 g/mol. The molecule has 2 aliphatic carbocycles. The van der Waals surface area contributed by atoms with E-state index in [4.69, 9.17) is 4.74 Å². The van der Waals surface area contributed by atoms with Gasteiger partial charge < -0.3 is 19.9 Å². The number of H-pyrrole nitrogens is 1. The molecule has 3 fully saturated rings. The van der Waals surface area contributed by atoms with Gasteiger partial charge in [-0.15, -0.1) is 0 Å². The fourth-order valence-electron chi connectivity index (χ4n) is 6.91. The highest BCUT2D eigenvalue weighted by atomic mass is 16.5. The number of carbonyl (C=O) groups excluding carboxylic acids is 4. The fourth-order valence-corrected chi connectivity index (χ4v) is 6.91. The summed E-state index contributed by atoms with van der Waals surface area (Å²) in [5.74, 6) is 0.334. The van der Waals surface area contributed by atoms with E-state index in [0.717, 1.165) is 30.2 Å². The van der Waals surface area contributed by atoms with Crippen LogP contribution in [0.1, 0.15) is 69.8 Å². The molecule has 1 aromatic heterocycles. The molecule has 2 aromatic rings. The van der Waals surface area contributed by atoms with Crippen molar-refractivity contribution in [2.45, 2.75) is 71.4 Å². The molecule has 2 N–H and O–H groups in total. The molecule has 0 spiro atoms. The van der Waals surface area contributed by atoms with Gasteiger partial charge in [0.25, 0.3) is 5.91 Å². The van der Waals surface area contributed by atoms with E-state index in [1.165, 1.54) is 0 Å². The normalized spacial score (nSPS) is 27.0. The second kappa shape index (κ2) is 9.62. The monoisotopic (exact) mass is 507 g/mol. The molecule has 37 heavy (non-hydrogen) atoms. The van der Waals surface area contributed by atoms with Crippen molar-refractivity contribution in [3.63, 3.8) is 0 Å². The number of ketones is 2. The number of fused-ring (bicyclic) bond motifs is 2. The van der Waals surface area contributed by atoms with Crippen molar-refractivity contribution in [2.24, 2.45) is 23.2 Å². The Balaban J connectivity index is 1.41. The first-order valence-electron chi connectivity index (χ1n) is 13.5. The zero-order chi connectivity index (χ0) is 26.5. The summed E-state index contributed by atoms with van der Waals surface area (Å²) in [6, 6.07) is 6.03. The van der Waals surface area contributed by atoms with Crippen molar-refractivity contribution in [3.8, 4) is 5.75 Å². The van der Waals surface area contributed by atoms with Crippen molar-refractivity contribution in [1.82, 2.24) is 15.2 Å². The summed E-state index contributed by atoms with van der Waals surface area (Å²) in [6.45, 7) is 6.63. The van der Waals surface area contributed by atoms with Gasteiger partial charge in [0.1, 0.15) is 23.3 Å². The number of aromatic nitrogens is 1. The highest BCUT2D eigenvalue weighted by Gasteiger charge is 2.60. The Hall–Kier alpha value is -3.16. The Morgan fingerprint density at radius 1 is 1.27 bits per heavy atom. The maximum absolute atomic E-state index is 13.8. The van der Waals surface area contributed by atoms with Crippen LogP contribution in [0.3, 0.4) is 0 Å². The summed E-state index contributed by atoms with van der Waals surface area (Å²) in [5.41, 5.74) is 1.24. The molecule has 0 bridgehead atoms. The Labute approximate surface area is 217 Å². The third kappa shape index (κ3) is 4.44. The quantitative estimate of drug-likeness (QED) is 0.564. The predicted octanol–water partition coefficient (Wildman–Crippen LogP) is 3.89. The summed E-state index contributed by atoms with van der Waals surface area (Å²) < 4.78 is 5.45. The molecule has 3 aliphatic rings. The van der Waals surface area contributed by atoms with E-state index in [9.17, 15) is 19.2 Å². The second-order valence-electron chi connectivity index (χ2n) is 11.6. The minimum absolute atomic E-state index is 0.0385. The largest absolute Gasteiger partial charge is 0.496 e. The van der Waals surface area contributed by atoms with Crippen molar-refractivity contribution >= 4 is 34.3 Å². The number of rotatable bonds is 8. The maximum atomic E-state index is 13.8. The summed E-state index contributed by atoms with van der Waals surface area (Å²) >= 11 is 0. The number of carbonyl (C=O) groups is 4. The van der Waals surface area contributed by atoms with Crippen LogP contribution in [-0.2, 0) is 14.4 Å². The Kier molecular flexibility index (Phi) is 6.62. The van der Waals surface area contributed by atoms with E-state index in [0.29, 0.717) is 30.8 Å². The first kappa shape index (κ1) is 25.5. The predicted molar refractivity (Wildman–Crippen MR) is 139 cm³/mol. The fraction of sp³-hybridized carbons (Fsp3) is 0.586. The summed E-state index contributed by atoms with van der Waals surface area (Å²) in [7, 11) is 1.59. The number of methoxy groups -OCH3 is 1. The van der Waals surface area contributed by atoms with Gasteiger partial charge in [-0.3, -0.25) is 19.2 Å². The summed E-state index contributed by atoms with van der Waals surface area (Å²) in [5, 5.41) is 3.80. The molecule has 5 atom stereocenters. The van der Waals surface area contributed by atoms with E-state index >= 15 is 0 Å². The van der Waals surface area contributed by atoms with Crippen molar-refractivity contribution < 1.29 is 23.9 Å². The standard InChI is InChI=1S/C29H37N3O5/c1-5-23(33)21(12-16-8-6-10-24(16)34)31-27(35)26-18-14-29(2,3)19(18)15-32(26)28(36)22-13-17-20(30-22)9-7-11-25(17)37-4/h7,9,11,13,16,18-19,21,26,30H,5-6,8,10,12,14-15H2,1-4H3,(H,31,35). The minimum atomic E-state index is -0.703. The van der Waals surface area contributed by atoms with Crippen LogP contribution in [0.4, 0.5) is 0 Å². The lowest BCUT2D eigenvalue weighted by molar-refractivity contribution is -0.133. The molecule has 8 nitrogen and oxygen atoms in total. The van der Waals surface area contributed by atoms with Gasteiger partial charge in [0.05, 0.1) is 13.2 Å². The van der Waals surface area contributed by atoms with Crippen LogP contribution in [0, 0.1) is 23.2 Å². The number of Topliss-reactive ketones (excluding diaryl/α,β-unsaturated/α-hetero) is 2. The van der Waals surface area contributed by atoms with Gasteiger partial charge in [0, 0.05) is 36.2 Å². The summed E-state index contributed by atoms with van der Waals surface area (Å²) in [6.07, 6.45) is 3.62. The third-order valence-corrected chi connectivity index (χ3v) is 9.03. The SMILES string of the molecule is CCC(=O)C(CC1CCCC1=O)NC(=O)C1C2CC(C)(C)C2CN1C(=O)c1cc2c(OC)cccc2[nH]1. The lowest BCUT2D eigenvalue weighted by atomic mass is 9.55. The molecule has 1 aromatic carbocycles. The number of hydrogen-bond donors (Lipinski definition) is 2. The molecule has 2 heterocycles. The van der Waals surface area contributed by atoms with Crippen LogP contribution < -0.4 is 10.1 Å². The van der Waals surface area contributed by atoms with Crippen molar-refractivity contribution in [1.29, 1.82) is 0 Å². The van der Waals surface area contributed by atoms with Gasteiger partial charge in [-0.05, 0) is 61.1 Å². The molecule has 8 heteroatoms. The average Bonchev–Trinajstić information content (AvgIpc) is 3.58. The molecule has 2 amide bonds. The van der Waals surface area contributed by atoms with Crippen LogP contribution >= 0.6 is 0 Å². The van der Waals surface area contributed by atoms with Gasteiger partial charge in [-0.2, -0.15) is 0 Å². The van der Waals surface area contributed by atoms with Crippen LogP contribution in [-0.4, -0.2) is 59.0 Å². The number of nitrogens with zero attached hydrogens (tertiary/aromatic N) is 1. The molecule has 2 saturated carbocycles. The number of likely N-dealkylation sites (tertiary alicyclic amines) is 1. The second-order valence-corrected chi connectivity index (χ2v) is 11.6. The van der Waals surface area contributed by atoms with Gasteiger partial charge in [-0.1, -0.05) is 26.8 Å². The van der Waals surface area contributed by atoms with Crippen molar-refractivity contribution in [3.05, 3.63) is 30.0 Å². The Morgan fingerprint density at radius 3 is 2.70 bits per heavy atom.